The van der Waals surface area contributed by atoms with Gasteiger partial charge in [-0.15, -0.1) is 0 Å². The molecule has 1 aliphatic rings. The van der Waals surface area contributed by atoms with Crippen molar-refractivity contribution in [2.45, 2.75) is 45.3 Å². The van der Waals surface area contributed by atoms with Crippen LogP contribution in [0.3, 0.4) is 0 Å². The van der Waals surface area contributed by atoms with Gasteiger partial charge in [0, 0.05) is 29.0 Å². The number of aromatic nitrogens is 2. The lowest BCUT2D eigenvalue weighted by atomic mass is 9.97. The number of benzene rings is 3. The van der Waals surface area contributed by atoms with Gasteiger partial charge >= 0.3 is 6.09 Å². The van der Waals surface area contributed by atoms with E-state index in [1.807, 2.05) is 69.3 Å². The lowest BCUT2D eigenvalue weighted by Gasteiger charge is -2.27. The van der Waals surface area contributed by atoms with Crippen LogP contribution in [0.4, 0.5) is 16.2 Å². The van der Waals surface area contributed by atoms with Crippen molar-refractivity contribution in [3.63, 3.8) is 0 Å². The number of carbonyl (C=O) groups excluding carboxylic acids is 1. The maximum Gasteiger partial charge on any atom is 0.410 e. The normalized spacial score (nSPS) is 16.1. The number of fused-ring (bicyclic) bond motifs is 1. The van der Waals surface area contributed by atoms with Crippen LogP contribution in [0, 0.1) is 0 Å². The quantitative estimate of drug-likeness (QED) is 0.312. The minimum absolute atomic E-state index is 0.171. The number of nitrogen functional groups attached to an aromatic ring is 2. The van der Waals surface area contributed by atoms with Gasteiger partial charge in [-0.1, -0.05) is 36.4 Å². The third kappa shape index (κ3) is 4.54. The van der Waals surface area contributed by atoms with Crippen molar-refractivity contribution in [2.24, 2.45) is 0 Å². The number of nitrogens with two attached hydrogens (primary N) is 2. The Kier molecular flexibility index (Phi) is 5.63. The molecule has 1 aliphatic heterocycles. The Hall–Kier alpha value is -4.00. The smallest absolute Gasteiger partial charge is 0.410 e. The number of nitrogens with one attached hydrogen (secondary N) is 1. The number of anilines is 2. The average Bonchev–Trinajstić information content (AvgIpc) is 3.46. The van der Waals surface area contributed by atoms with Crippen LogP contribution >= 0.6 is 0 Å². The first kappa shape index (κ1) is 22.8. The van der Waals surface area contributed by atoms with E-state index in [1.165, 1.54) is 0 Å². The summed E-state index contributed by atoms with van der Waals surface area (Å²) < 4.78 is 5.68. The highest BCUT2D eigenvalue weighted by atomic mass is 16.6. The SMILES string of the molecule is CC(C)(C)OC(=O)N1CCC[C@H]1c1nc2c(-c3ccc(N)cc3)ccc(-c3ccc(N)cc3)c2[nH]1. The number of likely N-dealkylation sites (tertiary alicyclic amines) is 1. The molecule has 1 aromatic heterocycles. The number of hydrogen-bond acceptors (Lipinski definition) is 5. The fourth-order valence-corrected chi connectivity index (χ4v) is 4.66. The third-order valence-corrected chi connectivity index (χ3v) is 6.30. The van der Waals surface area contributed by atoms with Crippen molar-refractivity contribution >= 4 is 28.5 Å². The Balaban J connectivity index is 1.63. The number of hydrogen-bond donors (Lipinski definition) is 3. The first-order valence-corrected chi connectivity index (χ1v) is 11.9. The van der Waals surface area contributed by atoms with Crippen molar-refractivity contribution in [1.29, 1.82) is 0 Å². The molecule has 2 heterocycles. The largest absolute Gasteiger partial charge is 0.444 e. The molecule has 1 saturated heterocycles. The molecule has 4 aromatic rings. The summed E-state index contributed by atoms with van der Waals surface area (Å²) in [4.78, 5) is 23.4. The van der Waals surface area contributed by atoms with E-state index < -0.39 is 5.60 Å². The number of H-pyrrole nitrogens is 1. The van der Waals surface area contributed by atoms with Gasteiger partial charge in [-0.05, 0) is 69.0 Å². The number of rotatable bonds is 3. The molecule has 35 heavy (non-hydrogen) atoms. The van der Waals surface area contributed by atoms with Gasteiger partial charge in [-0.2, -0.15) is 0 Å². The molecule has 0 radical (unpaired) electrons. The Morgan fingerprint density at radius 1 is 0.943 bits per heavy atom. The van der Waals surface area contributed by atoms with Crippen molar-refractivity contribution in [1.82, 2.24) is 14.9 Å². The van der Waals surface area contributed by atoms with Gasteiger partial charge in [-0.25, -0.2) is 9.78 Å². The standard InChI is InChI=1S/C28H31N5O2/c1-28(2,3)35-27(34)33-16-4-5-23(33)26-31-24-21(17-6-10-19(29)11-7-17)14-15-22(25(24)32-26)18-8-12-20(30)13-9-18/h6-15,23H,4-5,16,29-30H2,1-3H3,(H,31,32)/t23-/m0/s1. The van der Waals surface area contributed by atoms with Crippen LogP contribution in [0.5, 0.6) is 0 Å². The number of ether oxygens (including phenoxy) is 1. The van der Waals surface area contributed by atoms with Crippen molar-refractivity contribution in [2.75, 3.05) is 18.0 Å². The van der Waals surface area contributed by atoms with Gasteiger partial charge in [0.1, 0.15) is 11.4 Å². The number of aromatic amines is 1. The molecule has 5 rings (SSSR count). The van der Waals surface area contributed by atoms with Crippen LogP contribution in [-0.2, 0) is 4.74 Å². The van der Waals surface area contributed by atoms with Crippen molar-refractivity contribution in [3.8, 4) is 22.3 Å². The molecule has 7 nitrogen and oxygen atoms in total. The zero-order valence-electron chi connectivity index (χ0n) is 20.3. The molecule has 0 unspecified atom stereocenters. The molecular weight excluding hydrogens is 438 g/mol. The Morgan fingerprint density at radius 2 is 1.51 bits per heavy atom. The zero-order valence-corrected chi connectivity index (χ0v) is 20.3. The summed E-state index contributed by atoms with van der Waals surface area (Å²) in [5.41, 5.74) is 18.6. The monoisotopic (exact) mass is 469 g/mol. The van der Waals surface area contributed by atoms with Gasteiger partial charge in [0.15, 0.2) is 0 Å². The predicted molar refractivity (Wildman–Crippen MR) is 141 cm³/mol. The average molecular weight is 470 g/mol. The highest BCUT2D eigenvalue weighted by molar-refractivity contribution is 6.01. The number of amides is 1. The third-order valence-electron chi connectivity index (χ3n) is 6.30. The van der Waals surface area contributed by atoms with Gasteiger partial charge in [-0.3, -0.25) is 4.90 Å². The molecule has 180 valence electrons. The first-order chi connectivity index (χ1) is 16.7. The zero-order chi connectivity index (χ0) is 24.7. The van der Waals surface area contributed by atoms with E-state index in [0.717, 1.165) is 52.0 Å². The molecular formula is C28H31N5O2. The summed E-state index contributed by atoms with van der Waals surface area (Å²) in [7, 11) is 0. The minimum atomic E-state index is -0.553. The van der Waals surface area contributed by atoms with Crippen LogP contribution in [-0.4, -0.2) is 33.1 Å². The Labute approximate surface area is 205 Å². The van der Waals surface area contributed by atoms with Gasteiger partial charge < -0.3 is 21.2 Å². The number of imidazole rings is 1. The van der Waals surface area contributed by atoms with E-state index in [0.29, 0.717) is 17.9 Å². The molecule has 5 N–H and O–H groups in total. The fraction of sp³-hybridized carbons (Fsp3) is 0.286. The maximum atomic E-state index is 12.9. The summed E-state index contributed by atoms with van der Waals surface area (Å²) in [5.74, 6) is 0.767. The predicted octanol–water partition coefficient (Wildman–Crippen LogP) is 6.13. The van der Waals surface area contributed by atoms with Crippen LogP contribution in [0.2, 0.25) is 0 Å². The van der Waals surface area contributed by atoms with E-state index in [1.54, 1.807) is 4.90 Å². The molecule has 7 heteroatoms. The Morgan fingerprint density at radius 3 is 2.11 bits per heavy atom. The second-order valence-corrected chi connectivity index (χ2v) is 10.1. The van der Waals surface area contributed by atoms with E-state index in [4.69, 9.17) is 21.2 Å². The molecule has 0 saturated carbocycles. The molecule has 0 bridgehead atoms. The van der Waals surface area contributed by atoms with E-state index in [-0.39, 0.29) is 12.1 Å². The molecule has 0 aliphatic carbocycles. The van der Waals surface area contributed by atoms with Gasteiger partial charge in [0.05, 0.1) is 17.1 Å². The van der Waals surface area contributed by atoms with E-state index >= 15 is 0 Å². The van der Waals surface area contributed by atoms with Crippen molar-refractivity contribution in [3.05, 3.63) is 66.5 Å². The second-order valence-electron chi connectivity index (χ2n) is 10.1. The van der Waals surface area contributed by atoms with E-state index in [2.05, 4.69) is 17.1 Å². The van der Waals surface area contributed by atoms with Crippen LogP contribution in [0.15, 0.2) is 60.7 Å². The fourth-order valence-electron chi connectivity index (χ4n) is 4.66. The molecule has 1 fully saturated rings. The summed E-state index contributed by atoms with van der Waals surface area (Å²) in [6.45, 7) is 6.30. The topological polar surface area (TPSA) is 110 Å². The van der Waals surface area contributed by atoms with Crippen LogP contribution in [0.25, 0.3) is 33.3 Å². The minimum Gasteiger partial charge on any atom is -0.444 e. The van der Waals surface area contributed by atoms with Crippen LogP contribution in [0.1, 0.15) is 45.5 Å². The van der Waals surface area contributed by atoms with Gasteiger partial charge in [0.25, 0.3) is 0 Å². The first-order valence-electron chi connectivity index (χ1n) is 11.9. The second kappa shape index (κ2) is 8.65. The van der Waals surface area contributed by atoms with Crippen molar-refractivity contribution < 1.29 is 9.53 Å². The summed E-state index contributed by atoms with van der Waals surface area (Å²) >= 11 is 0. The molecule has 3 aromatic carbocycles. The number of nitrogens with zero attached hydrogens (tertiary/aromatic N) is 2. The molecule has 0 spiro atoms. The lowest BCUT2D eigenvalue weighted by Crippen LogP contribution is -2.36. The highest BCUT2D eigenvalue weighted by Gasteiger charge is 2.35. The maximum absolute atomic E-state index is 12.9. The van der Waals surface area contributed by atoms with Crippen LogP contribution < -0.4 is 11.5 Å². The lowest BCUT2D eigenvalue weighted by molar-refractivity contribution is 0.0219. The van der Waals surface area contributed by atoms with Gasteiger partial charge in [0.2, 0.25) is 0 Å². The summed E-state index contributed by atoms with van der Waals surface area (Å²) in [6.07, 6.45) is 1.42. The molecule has 1 atom stereocenters. The highest BCUT2D eigenvalue weighted by Crippen LogP contribution is 2.38. The summed E-state index contributed by atoms with van der Waals surface area (Å²) in [5, 5.41) is 0. The molecule has 1 amide bonds. The van der Waals surface area contributed by atoms with E-state index in [9.17, 15) is 4.79 Å². The number of carbonyl (C=O) groups is 1. The Bertz CT molecular complexity index is 1290. The summed E-state index contributed by atoms with van der Waals surface area (Å²) in [6, 6.07) is 19.6.